The van der Waals surface area contributed by atoms with Crippen LogP contribution in [-0.2, 0) is 0 Å². The summed E-state index contributed by atoms with van der Waals surface area (Å²) in [6, 6.07) is 2.89. The molecule has 0 aromatic heterocycles. The molecule has 13 heavy (non-hydrogen) atoms. The summed E-state index contributed by atoms with van der Waals surface area (Å²) in [6.45, 7) is 3.68. The highest BCUT2D eigenvalue weighted by molar-refractivity contribution is 5.61. The molecule has 1 radical (unpaired) electrons. The largest absolute Gasteiger partial charge is 0.453 e. The third kappa shape index (κ3) is 1.09. The van der Waals surface area contributed by atoms with E-state index in [0.29, 0.717) is 11.3 Å². The van der Waals surface area contributed by atoms with Crippen molar-refractivity contribution in [2.75, 3.05) is 6.79 Å². The molecule has 0 bridgehead atoms. The molecule has 2 rings (SSSR count). The summed E-state index contributed by atoms with van der Waals surface area (Å²) in [5.74, 6) is 0.548. The van der Waals surface area contributed by atoms with Crippen LogP contribution in [0.15, 0.2) is 12.1 Å². The molecule has 1 heterocycles. The first-order valence-electron chi connectivity index (χ1n) is 3.59. The smallest absolute Gasteiger partial charge is 0.315 e. The number of hydrogen-bond donors (Lipinski definition) is 0. The Morgan fingerprint density at radius 1 is 1.38 bits per heavy atom. The van der Waals surface area contributed by atoms with E-state index in [1.165, 1.54) is 12.1 Å². The van der Waals surface area contributed by atoms with Crippen LogP contribution >= 0.6 is 0 Å². The standard InChI is InChI=1S/C8H6NO4/c1-5-2-3-6(9(10)11)8-7(5)12-4-13-8/h2-3H,1,4H2. The van der Waals surface area contributed by atoms with Crippen molar-refractivity contribution in [3.63, 3.8) is 0 Å². The average molecular weight is 180 g/mol. The average Bonchev–Trinajstić information content (AvgIpc) is 2.53. The second-order valence-corrected chi connectivity index (χ2v) is 2.57. The monoisotopic (exact) mass is 180 g/mol. The quantitative estimate of drug-likeness (QED) is 0.485. The van der Waals surface area contributed by atoms with E-state index in [4.69, 9.17) is 9.47 Å². The minimum Gasteiger partial charge on any atom is -0.453 e. The van der Waals surface area contributed by atoms with Gasteiger partial charge in [0.1, 0.15) is 0 Å². The van der Waals surface area contributed by atoms with Crippen LogP contribution in [0.2, 0.25) is 0 Å². The van der Waals surface area contributed by atoms with Gasteiger partial charge in [-0.2, -0.15) is 0 Å². The molecular weight excluding hydrogens is 174 g/mol. The van der Waals surface area contributed by atoms with Crippen molar-refractivity contribution in [3.8, 4) is 11.5 Å². The summed E-state index contributed by atoms with van der Waals surface area (Å²) < 4.78 is 10.00. The zero-order chi connectivity index (χ0) is 9.42. The van der Waals surface area contributed by atoms with Crippen LogP contribution in [0.5, 0.6) is 11.5 Å². The topological polar surface area (TPSA) is 61.6 Å². The molecular formula is C8H6NO4. The summed E-state index contributed by atoms with van der Waals surface area (Å²) in [5.41, 5.74) is 0.512. The number of benzene rings is 1. The molecule has 1 aromatic rings. The summed E-state index contributed by atoms with van der Waals surface area (Å²) in [5, 5.41) is 10.5. The number of fused-ring (bicyclic) bond motifs is 1. The van der Waals surface area contributed by atoms with Crippen molar-refractivity contribution < 1.29 is 14.4 Å². The Labute approximate surface area is 74.0 Å². The van der Waals surface area contributed by atoms with E-state index < -0.39 is 4.92 Å². The van der Waals surface area contributed by atoms with Gasteiger partial charge in [0.2, 0.25) is 12.5 Å². The molecule has 5 nitrogen and oxygen atoms in total. The maximum absolute atomic E-state index is 10.5. The minimum atomic E-state index is -0.507. The maximum atomic E-state index is 10.5. The SMILES string of the molecule is [CH2]c1ccc([N+](=O)[O-])c2c1OCO2. The zero-order valence-corrected chi connectivity index (χ0v) is 6.65. The van der Waals surface area contributed by atoms with E-state index in [9.17, 15) is 10.1 Å². The Morgan fingerprint density at radius 2 is 2.08 bits per heavy atom. The number of ether oxygens (including phenoxy) is 2. The molecule has 0 atom stereocenters. The van der Waals surface area contributed by atoms with Crippen molar-refractivity contribution in [1.29, 1.82) is 0 Å². The predicted molar refractivity (Wildman–Crippen MR) is 43.7 cm³/mol. The molecule has 0 spiro atoms. The second-order valence-electron chi connectivity index (χ2n) is 2.57. The maximum Gasteiger partial charge on any atom is 0.315 e. The van der Waals surface area contributed by atoms with Crippen molar-refractivity contribution >= 4 is 5.69 Å². The molecule has 0 N–H and O–H groups in total. The molecule has 1 aromatic carbocycles. The van der Waals surface area contributed by atoms with Crippen molar-refractivity contribution in [1.82, 2.24) is 0 Å². The molecule has 0 fully saturated rings. The van der Waals surface area contributed by atoms with Gasteiger partial charge in [0.05, 0.1) is 4.92 Å². The van der Waals surface area contributed by atoms with E-state index in [0.717, 1.165) is 0 Å². The van der Waals surface area contributed by atoms with Gasteiger partial charge in [-0.1, -0.05) is 0 Å². The van der Waals surface area contributed by atoms with Crippen LogP contribution in [0.3, 0.4) is 0 Å². The highest BCUT2D eigenvalue weighted by Gasteiger charge is 2.26. The minimum absolute atomic E-state index is 0.0166. The van der Waals surface area contributed by atoms with Crippen molar-refractivity contribution in [2.45, 2.75) is 0 Å². The molecule has 0 amide bonds. The molecule has 5 heteroatoms. The van der Waals surface area contributed by atoms with E-state index in [-0.39, 0.29) is 18.2 Å². The Balaban J connectivity index is 2.62. The highest BCUT2D eigenvalue weighted by Crippen LogP contribution is 2.42. The van der Waals surface area contributed by atoms with Gasteiger partial charge >= 0.3 is 5.69 Å². The fourth-order valence-corrected chi connectivity index (χ4v) is 1.18. The van der Waals surface area contributed by atoms with Gasteiger partial charge < -0.3 is 9.47 Å². The Bertz CT molecular complexity index is 375. The number of hydrogen-bond acceptors (Lipinski definition) is 4. The first-order valence-corrected chi connectivity index (χ1v) is 3.59. The summed E-state index contributed by atoms with van der Waals surface area (Å²) >= 11 is 0. The molecule has 1 aliphatic rings. The lowest BCUT2D eigenvalue weighted by atomic mass is 10.2. The van der Waals surface area contributed by atoms with E-state index in [2.05, 4.69) is 6.92 Å². The van der Waals surface area contributed by atoms with Crippen molar-refractivity contribution in [3.05, 3.63) is 34.7 Å². The Hall–Kier alpha value is -1.78. The van der Waals surface area contributed by atoms with Crippen LogP contribution in [0, 0.1) is 17.0 Å². The van der Waals surface area contributed by atoms with E-state index in [1.54, 1.807) is 0 Å². The molecule has 0 aliphatic carbocycles. The number of nitro groups is 1. The Kier molecular flexibility index (Phi) is 1.58. The second kappa shape index (κ2) is 2.62. The summed E-state index contributed by atoms with van der Waals surface area (Å²) in [6.07, 6.45) is 0. The molecule has 0 saturated carbocycles. The van der Waals surface area contributed by atoms with E-state index in [1.807, 2.05) is 0 Å². The predicted octanol–water partition coefficient (Wildman–Crippen LogP) is 1.51. The van der Waals surface area contributed by atoms with Crippen LogP contribution in [0.1, 0.15) is 5.56 Å². The molecule has 0 saturated heterocycles. The number of nitrogens with zero attached hydrogens (tertiary/aromatic N) is 1. The van der Waals surface area contributed by atoms with Gasteiger partial charge in [-0.25, -0.2) is 0 Å². The highest BCUT2D eigenvalue weighted by atomic mass is 16.7. The van der Waals surface area contributed by atoms with Gasteiger partial charge in [0, 0.05) is 6.07 Å². The molecule has 1 aliphatic heterocycles. The summed E-state index contributed by atoms with van der Waals surface area (Å²) in [4.78, 5) is 10.0. The fraction of sp³-hybridized carbons (Fsp3) is 0.125. The third-order valence-electron chi connectivity index (χ3n) is 1.78. The van der Waals surface area contributed by atoms with Crippen molar-refractivity contribution in [2.24, 2.45) is 0 Å². The van der Waals surface area contributed by atoms with Crippen LogP contribution in [0.4, 0.5) is 5.69 Å². The summed E-state index contributed by atoms with van der Waals surface area (Å²) in [7, 11) is 0. The first-order chi connectivity index (χ1) is 6.20. The molecule has 67 valence electrons. The number of rotatable bonds is 1. The van der Waals surface area contributed by atoms with Crippen LogP contribution < -0.4 is 9.47 Å². The lowest BCUT2D eigenvalue weighted by molar-refractivity contribution is -0.385. The van der Waals surface area contributed by atoms with Gasteiger partial charge in [-0.15, -0.1) is 0 Å². The molecule has 0 unspecified atom stereocenters. The third-order valence-corrected chi connectivity index (χ3v) is 1.78. The normalized spacial score (nSPS) is 13.0. The van der Waals surface area contributed by atoms with Crippen LogP contribution in [-0.4, -0.2) is 11.7 Å². The van der Waals surface area contributed by atoms with Gasteiger partial charge in [0.25, 0.3) is 0 Å². The van der Waals surface area contributed by atoms with E-state index >= 15 is 0 Å². The fourth-order valence-electron chi connectivity index (χ4n) is 1.18. The van der Waals surface area contributed by atoms with Gasteiger partial charge in [-0.3, -0.25) is 10.1 Å². The van der Waals surface area contributed by atoms with Crippen LogP contribution in [0.25, 0.3) is 0 Å². The van der Waals surface area contributed by atoms with Gasteiger partial charge in [0.15, 0.2) is 5.75 Å². The first kappa shape index (κ1) is 7.85. The zero-order valence-electron chi connectivity index (χ0n) is 6.65. The van der Waals surface area contributed by atoms with Gasteiger partial charge in [-0.05, 0) is 18.6 Å². The Morgan fingerprint density at radius 3 is 2.77 bits per heavy atom. The number of nitro benzene ring substituents is 1. The lowest BCUT2D eigenvalue weighted by Crippen LogP contribution is -1.94. The lowest BCUT2D eigenvalue weighted by Gasteiger charge is -1.99.